The Labute approximate surface area is 170 Å². The van der Waals surface area contributed by atoms with Crippen LogP contribution in [0, 0.1) is 0 Å². The van der Waals surface area contributed by atoms with Gasteiger partial charge in [0.2, 0.25) is 0 Å². The smallest absolute Gasteiger partial charge is 0.195 e. The first kappa shape index (κ1) is 19.8. The summed E-state index contributed by atoms with van der Waals surface area (Å²) in [6.45, 7) is 3.87. The van der Waals surface area contributed by atoms with E-state index in [2.05, 4.69) is 14.8 Å². The normalized spacial score (nSPS) is 18.0. The maximum atomic E-state index is 13.3. The molecule has 0 saturated carbocycles. The van der Waals surface area contributed by atoms with Crippen molar-refractivity contribution in [2.75, 3.05) is 39.3 Å². The first-order valence-corrected chi connectivity index (χ1v) is 10.1. The summed E-state index contributed by atoms with van der Waals surface area (Å²) in [5, 5.41) is 21.2. The second-order valence-corrected chi connectivity index (χ2v) is 7.51. The van der Waals surface area contributed by atoms with Crippen LogP contribution in [-0.4, -0.2) is 76.2 Å². The predicted molar refractivity (Wildman–Crippen MR) is 113 cm³/mol. The van der Waals surface area contributed by atoms with Gasteiger partial charge in [-0.25, -0.2) is 0 Å². The monoisotopic (exact) mass is 393 g/mol. The second-order valence-electron chi connectivity index (χ2n) is 7.51. The van der Waals surface area contributed by atoms with E-state index in [4.69, 9.17) is 0 Å². The molecule has 0 unspecified atom stereocenters. The molecule has 6 heteroatoms. The van der Waals surface area contributed by atoms with E-state index >= 15 is 0 Å². The summed E-state index contributed by atoms with van der Waals surface area (Å²) in [6.07, 6.45) is 0.526. The highest BCUT2D eigenvalue weighted by atomic mass is 16.3. The topological polar surface area (TPSA) is 79.8 Å². The molecular formula is C23H27N3O3. The lowest BCUT2D eigenvalue weighted by Crippen LogP contribution is -2.51. The number of para-hydroxylation sites is 1. The number of aromatic nitrogens is 1. The molecule has 3 N–H and O–H groups in total. The largest absolute Gasteiger partial charge is 0.395 e. The van der Waals surface area contributed by atoms with Gasteiger partial charge in [0, 0.05) is 55.4 Å². The van der Waals surface area contributed by atoms with Crippen LogP contribution >= 0.6 is 0 Å². The number of rotatable bonds is 7. The zero-order valence-electron chi connectivity index (χ0n) is 16.4. The Bertz CT molecular complexity index is 948. The third kappa shape index (κ3) is 4.11. The number of aromatic amines is 1. The van der Waals surface area contributed by atoms with Crippen molar-refractivity contribution in [2.45, 2.75) is 12.1 Å². The van der Waals surface area contributed by atoms with Crippen molar-refractivity contribution in [3.63, 3.8) is 0 Å². The number of ketones is 1. The van der Waals surface area contributed by atoms with Gasteiger partial charge in [-0.05, 0) is 11.6 Å². The minimum Gasteiger partial charge on any atom is -0.395 e. The molecule has 0 radical (unpaired) electrons. The maximum Gasteiger partial charge on any atom is 0.195 e. The number of hydrogen-bond donors (Lipinski definition) is 3. The lowest BCUT2D eigenvalue weighted by atomic mass is 9.93. The van der Waals surface area contributed by atoms with Crippen molar-refractivity contribution in [3.05, 3.63) is 71.9 Å². The summed E-state index contributed by atoms with van der Waals surface area (Å²) >= 11 is 0. The molecule has 1 aromatic heterocycles. The van der Waals surface area contributed by atoms with Crippen LogP contribution in [0.4, 0.5) is 0 Å². The molecule has 1 saturated heterocycles. The fraction of sp³-hybridized carbons (Fsp3) is 0.348. The summed E-state index contributed by atoms with van der Waals surface area (Å²) in [5.41, 5.74) is 2.34. The van der Waals surface area contributed by atoms with Crippen LogP contribution in [0.5, 0.6) is 0 Å². The number of Topliss-reactive ketones (excluding diaryl/α,β-unsaturated/α-hetero) is 1. The van der Waals surface area contributed by atoms with E-state index in [0.29, 0.717) is 12.1 Å². The van der Waals surface area contributed by atoms with Gasteiger partial charge in [-0.15, -0.1) is 0 Å². The van der Waals surface area contributed by atoms with E-state index in [9.17, 15) is 15.0 Å². The van der Waals surface area contributed by atoms with Crippen LogP contribution in [0.1, 0.15) is 22.0 Å². The maximum absolute atomic E-state index is 13.3. The molecule has 0 bridgehead atoms. The molecule has 0 spiro atoms. The van der Waals surface area contributed by atoms with Gasteiger partial charge in [-0.1, -0.05) is 48.5 Å². The van der Waals surface area contributed by atoms with Gasteiger partial charge in [0.05, 0.1) is 12.6 Å². The van der Waals surface area contributed by atoms with Crippen molar-refractivity contribution in [1.29, 1.82) is 0 Å². The number of piperazine rings is 1. The number of carbonyl (C=O) groups excluding carboxylic acids is 1. The molecule has 1 fully saturated rings. The minimum atomic E-state index is -1.17. The Balaban J connectivity index is 1.61. The molecule has 2 aromatic carbocycles. The number of aliphatic hydroxyl groups excluding tert-OH is 2. The quantitative estimate of drug-likeness (QED) is 0.536. The van der Waals surface area contributed by atoms with Crippen LogP contribution in [-0.2, 0) is 0 Å². The van der Waals surface area contributed by atoms with Crippen molar-refractivity contribution in [3.8, 4) is 0 Å². The Morgan fingerprint density at radius 1 is 1.00 bits per heavy atom. The Hall–Kier alpha value is -2.51. The summed E-state index contributed by atoms with van der Waals surface area (Å²) in [5.74, 6) is -0.269. The highest BCUT2D eigenvalue weighted by molar-refractivity contribution is 6.10. The van der Waals surface area contributed by atoms with Gasteiger partial charge in [0.25, 0.3) is 0 Å². The van der Waals surface area contributed by atoms with Crippen LogP contribution in [0.25, 0.3) is 10.9 Å². The lowest BCUT2D eigenvalue weighted by Gasteiger charge is -2.40. The zero-order valence-corrected chi connectivity index (χ0v) is 16.4. The summed E-state index contributed by atoms with van der Waals surface area (Å²) < 4.78 is 0. The Morgan fingerprint density at radius 2 is 1.69 bits per heavy atom. The minimum absolute atomic E-state index is 0.143. The number of β-amino-alcohol motifs (C(OH)–C–C–N with tert-alkyl or cyclic N) is 1. The molecule has 1 aliphatic heterocycles. The van der Waals surface area contributed by atoms with Crippen molar-refractivity contribution >= 4 is 16.7 Å². The van der Waals surface area contributed by atoms with E-state index in [-0.39, 0.29) is 12.4 Å². The van der Waals surface area contributed by atoms with Crippen LogP contribution in [0.2, 0.25) is 0 Å². The molecule has 1 aliphatic rings. The number of fused-ring (bicyclic) bond motifs is 1. The molecule has 152 valence electrons. The number of benzene rings is 2. The highest BCUT2D eigenvalue weighted by Gasteiger charge is 2.35. The lowest BCUT2D eigenvalue weighted by molar-refractivity contribution is 0.0168. The number of nitrogens with zero attached hydrogens (tertiary/aromatic N) is 2. The highest BCUT2D eigenvalue weighted by Crippen LogP contribution is 2.29. The number of carbonyl (C=O) groups is 1. The van der Waals surface area contributed by atoms with Gasteiger partial charge in [0.1, 0.15) is 6.10 Å². The third-order valence-electron chi connectivity index (χ3n) is 5.78. The Kier molecular flexibility index (Phi) is 6.06. The predicted octanol–water partition coefficient (Wildman–Crippen LogP) is 2.06. The molecule has 0 amide bonds. The fourth-order valence-electron chi connectivity index (χ4n) is 4.23. The van der Waals surface area contributed by atoms with E-state index in [1.807, 2.05) is 54.6 Å². The third-order valence-corrected chi connectivity index (χ3v) is 5.78. The van der Waals surface area contributed by atoms with Gasteiger partial charge in [-0.2, -0.15) is 0 Å². The molecule has 2 atom stereocenters. The molecular weight excluding hydrogens is 366 g/mol. The summed E-state index contributed by atoms with van der Waals surface area (Å²) in [7, 11) is 0. The van der Waals surface area contributed by atoms with Crippen molar-refractivity contribution < 1.29 is 15.0 Å². The fourth-order valence-corrected chi connectivity index (χ4v) is 4.23. The molecule has 0 aliphatic carbocycles. The van der Waals surface area contributed by atoms with Crippen LogP contribution in [0.15, 0.2) is 60.8 Å². The molecule has 3 aromatic rings. The molecule has 29 heavy (non-hydrogen) atoms. The number of aliphatic hydroxyl groups is 2. The molecule has 6 nitrogen and oxygen atoms in total. The van der Waals surface area contributed by atoms with Gasteiger partial charge >= 0.3 is 0 Å². The second kappa shape index (κ2) is 8.88. The average Bonchev–Trinajstić information content (AvgIpc) is 3.20. The molecule has 2 heterocycles. The Morgan fingerprint density at radius 3 is 2.41 bits per heavy atom. The first-order chi connectivity index (χ1) is 14.2. The van der Waals surface area contributed by atoms with E-state index < -0.39 is 12.1 Å². The van der Waals surface area contributed by atoms with Crippen molar-refractivity contribution in [1.82, 2.24) is 14.8 Å². The van der Waals surface area contributed by atoms with Crippen molar-refractivity contribution in [2.24, 2.45) is 0 Å². The van der Waals surface area contributed by atoms with Crippen LogP contribution < -0.4 is 0 Å². The standard InChI is InChI=1S/C23H27N3O3/c27-15-14-25-10-12-26(13-11-25)21(17-6-2-1-3-7-17)23(29)22(28)19-16-24-20-9-5-4-8-18(19)20/h1-9,16,21,23-24,27,29H,10-15H2/t21-,23+/m0/s1. The zero-order chi connectivity index (χ0) is 20.2. The van der Waals surface area contributed by atoms with E-state index in [0.717, 1.165) is 42.6 Å². The number of nitrogens with one attached hydrogen (secondary N) is 1. The van der Waals surface area contributed by atoms with E-state index in [1.54, 1.807) is 6.20 Å². The first-order valence-electron chi connectivity index (χ1n) is 10.1. The average molecular weight is 393 g/mol. The van der Waals surface area contributed by atoms with Gasteiger partial charge in [0.15, 0.2) is 5.78 Å². The number of H-pyrrole nitrogens is 1. The number of hydrogen-bond acceptors (Lipinski definition) is 5. The summed E-state index contributed by atoms with van der Waals surface area (Å²) in [6, 6.07) is 17.0. The van der Waals surface area contributed by atoms with E-state index in [1.165, 1.54) is 0 Å². The summed E-state index contributed by atoms with van der Waals surface area (Å²) in [4.78, 5) is 20.8. The molecule has 4 rings (SSSR count). The van der Waals surface area contributed by atoms with Crippen LogP contribution in [0.3, 0.4) is 0 Å². The SMILES string of the molecule is O=C(c1c[nH]c2ccccc12)[C@H](O)[C@H](c1ccccc1)N1CCN(CCO)CC1. The van der Waals surface area contributed by atoms with Gasteiger partial charge in [-0.3, -0.25) is 14.6 Å². The van der Waals surface area contributed by atoms with Gasteiger partial charge < -0.3 is 15.2 Å².